The Morgan fingerprint density at radius 3 is 0.872 bits per heavy atom. The van der Waals surface area contributed by atoms with Crippen LogP contribution in [0.15, 0.2) is 24.3 Å². The lowest BCUT2D eigenvalue weighted by atomic mass is 10.0. The third-order valence-electron chi connectivity index (χ3n) is 16.9. The van der Waals surface area contributed by atoms with E-state index >= 15 is 0 Å². The molecule has 17 nitrogen and oxygen atoms in total. The number of aliphatic hydroxyl groups excluding tert-OH is 1. The van der Waals surface area contributed by atoms with Gasteiger partial charge in [0.25, 0.3) is 0 Å². The molecule has 0 aliphatic heterocycles. The van der Waals surface area contributed by atoms with Crippen LogP contribution in [0.4, 0.5) is 0 Å². The van der Waals surface area contributed by atoms with E-state index in [2.05, 4.69) is 58.9 Å². The van der Waals surface area contributed by atoms with Crippen LogP contribution in [0.2, 0.25) is 0 Å². The fraction of sp³-hybridized carbons (Fsp3) is 0.893. The minimum atomic E-state index is -4.96. The summed E-state index contributed by atoms with van der Waals surface area (Å²) >= 11 is 0. The Kier molecular flexibility index (Phi) is 65.9. The lowest BCUT2D eigenvalue weighted by Crippen LogP contribution is -2.30. The van der Waals surface area contributed by atoms with E-state index in [4.69, 9.17) is 37.0 Å². The van der Waals surface area contributed by atoms with Crippen molar-refractivity contribution in [3.63, 3.8) is 0 Å². The molecule has 0 aromatic rings. The molecule has 94 heavy (non-hydrogen) atoms. The lowest BCUT2D eigenvalue weighted by molar-refractivity contribution is -0.161. The van der Waals surface area contributed by atoms with Crippen molar-refractivity contribution in [2.24, 2.45) is 5.92 Å². The molecule has 0 rings (SSSR count). The van der Waals surface area contributed by atoms with Gasteiger partial charge in [-0.05, 0) is 57.3 Å². The lowest BCUT2D eigenvalue weighted by Gasteiger charge is -2.21. The first-order valence-corrected chi connectivity index (χ1v) is 41.4. The van der Waals surface area contributed by atoms with E-state index in [0.717, 1.165) is 128 Å². The molecule has 554 valence electrons. The molecule has 0 saturated heterocycles. The summed E-state index contributed by atoms with van der Waals surface area (Å²) in [5.74, 6) is -1.34. The maximum absolute atomic E-state index is 13.1. The number of esters is 4. The number of unbranched alkanes of at least 4 members (excludes halogenated alkanes) is 42. The molecule has 3 N–H and O–H groups in total. The molecule has 0 heterocycles. The molecule has 0 radical (unpaired) electrons. The van der Waals surface area contributed by atoms with Gasteiger partial charge in [0, 0.05) is 25.7 Å². The SMILES string of the molecule is CCCCCC/C=C\C=C/CCCCCCCC(=O)OC[C@H](COP(=O)(O)OC[C@@H](O)COP(=O)(O)OC[C@@H](COC(=O)CCCCCCCCC)OC(=O)CCCCCCCCCCCCCCC)OC(=O)CCCCCCCCCCCCCCCCCCC(C)C. The van der Waals surface area contributed by atoms with Crippen molar-refractivity contribution >= 4 is 39.5 Å². The van der Waals surface area contributed by atoms with Crippen molar-refractivity contribution in [1.29, 1.82) is 0 Å². The number of hydrogen-bond donors (Lipinski definition) is 3. The van der Waals surface area contributed by atoms with E-state index in [1.165, 1.54) is 161 Å². The van der Waals surface area contributed by atoms with Gasteiger partial charge >= 0.3 is 39.5 Å². The molecule has 5 atom stereocenters. The minimum absolute atomic E-state index is 0.101. The summed E-state index contributed by atoms with van der Waals surface area (Å²) in [5.41, 5.74) is 0. The van der Waals surface area contributed by atoms with Crippen LogP contribution in [0.3, 0.4) is 0 Å². The van der Waals surface area contributed by atoms with Gasteiger partial charge in [0.1, 0.15) is 19.3 Å². The number of aliphatic hydroxyl groups is 1. The van der Waals surface area contributed by atoms with Crippen molar-refractivity contribution in [2.75, 3.05) is 39.6 Å². The molecule has 0 aromatic heterocycles. The molecule has 0 aliphatic carbocycles. The second-order valence-corrected chi connectivity index (χ2v) is 29.7. The Morgan fingerprint density at radius 1 is 0.330 bits per heavy atom. The highest BCUT2D eigenvalue weighted by molar-refractivity contribution is 7.47. The number of allylic oxidation sites excluding steroid dienone is 4. The van der Waals surface area contributed by atoms with Gasteiger partial charge in [-0.1, -0.05) is 316 Å². The molecule has 0 spiro atoms. The van der Waals surface area contributed by atoms with Crippen LogP contribution in [-0.4, -0.2) is 96.7 Å². The van der Waals surface area contributed by atoms with Crippen molar-refractivity contribution < 1.29 is 80.2 Å². The van der Waals surface area contributed by atoms with Crippen molar-refractivity contribution in [1.82, 2.24) is 0 Å². The van der Waals surface area contributed by atoms with Gasteiger partial charge < -0.3 is 33.8 Å². The zero-order chi connectivity index (χ0) is 69.1. The van der Waals surface area contributed by atoms with Crippen molar-refractivity contribution in [2.45, 2.75) is 387 Å². The molecule has 0 saturated carbocycles. The molecule has 19 heteroatoms. The average molecular weight is 1380 g/mol. The summed E-state index contributed by atoms with van der Waals surface area (Å²) in [4.78, 5) is 72.6. The quantitative estimate of drug-likeness (QED) is 0.0169. The van der Waals surface area contributed by atoms with Gasteiger partial charge in [0.2, 0.25) is 0 Å². The number of phosphoric ester groups is 2. The second-order valence-electron chi connectivity index (χ2n) is 26.8. The molecule has 0 aromatic carbocycles. The van der Waals surface area contributed by atoms with Crippen LogP contribution in [0, 0.1) is 5.92 Å². The minimum Gasteiger partial charge on any atom is -0.462 e. The van der Waals surface area contributed by atoms with Crippen LogP contribution in [0.25, 0.3) is 0 Å². The number of hydrogen-bond acceptors (Lipinski definition) is 15. The molecule has 0 bridgehead atoms. The van der Waals surface area contributed by atoms with Crippen LogP contribution in [-0.2, 0) is 65.4 Å². The van der Waals surface area contributed by atoms with E-state index in [9.17, 15) is 43.2 Å². The van der Waals surface area contributed by atoms with E-state index in [1.54, 1.807) is 0 Å². The molecule has 0 amide bonds. The number of ether oxygens (including phenoxy) is 4. The first kappa shape index (κ1) is 91.5. The standard InChI is InChI=1S/C75H142O17P2/c1-6-9-12-15-18-20-22-24-27-32-35-39-44-49-54-59-73(78)86-65-71(92-75(80)61-56-51-46-41-37-33-29-26-25-28-31-34-38-43-47-52-57-68(4)5)67-90-94(83,84)88-63-69(76)62-87-93(81,82)89-66-70(64-85-72(77)58-53-48-42-17-14-11-8-3)91-74(79)60-55-50-45-40-36-30-23-21-19-16-13-10-7-2/h20,22,24,27,68-71,76H,6-19,21,23,25-26,28-67H2,1-5H3,(H,81,82)(H,83,84)/b22-20-,27-24-/t69-,70+,71+/m0/s1. The summed E-state index contributed by atoms with van der Waals surface area (Å²) in [5, 5.41) is 10.6. The highest BCUT2D eigenvalue weighted by Gasteiger charge is 2.30. The van der Waals surface area contributed by atoms with Crippen molar-refractivity contribution in [3.8, 4) is 0 Å². The Hall–Kier alpha value is -2.46. The number of carbonyl (C=O) groups excluding carboxylic acids is 4. The number of phosphoric acid groups is 2. The summed E-state index contributed by atoms with van der Waals surface area (Å²) in [6, 6.07) is 0. The Balaban J connectivity index is 5.22. The van der Waals surface area contributed by atoms with Gasteiger partial charge in [-0.25, -0.2) is 9.13 Å². The van der Waals surface area contributed by atoms with E-state index in [-0.39, 0.29) is 25.7 Å². The summed E-state index contributed by atoms with van der Waals surface area (Å²) < 4.78 is 68.3. The topological polar surface area (TPSA) is 237 Å². The zero-order valence-electron chi connectivity index (χ0n) is 60.6. The van der Waals surface area contributed by atoms with Crippen LogP contribution in [0.5, 0.6) is 0 Å². The number of carbonyl (C=O) groups is 4. The van der Waals surface area contributed by atoms with E-state index < -0.39 is 97.5 Å². The highest BCUT2D eigenvalue weighted by Crippen LogP contribution is 2.45. The predicted molar refractivity (Wildman–Crippen MR) is 381 cm³/mol. The predicted octanol–water partition coefficient (Wildman–Crippen LogP) is 21.6. The van der Waals surface area contributed by atoms with Gasteiger partial charge in [0.15, 0.2) is 12.2 Å². The van der Waals surface area contributed by atoms with Gasteiger partial charge in [-0.3, -0.25) is 37.3 Å². The van der Waals surface area contributed by atoms with Gasteiger partial charge in [-0.15, -0.1) is 0 Å². The molecule has 0 aliphatic rings. The van der Waals surface area contributed by atoms with Crippen LogP contribution < -0.4 is 0 Å². The van der Waals surface area contributed by atoms with Gasteiger partial charge in [0.05, 0.1) is 26.4 Å². The number of rotatable bonds is 73. The average Bonchev–Trinajstić information content (AvgIpc) is 3.72. The van der Waals surface area contributed by atoms with Crippen molar-refractivity contribution in [3.05, 3.63) is 24.3 Å². The Labute approximate surface area is 573 Å². The Morgan fingerprint density at radius 2 is 0.574 bits per heavy atom. The normalized spacial score (nSPS) is 14.1. The smallest absolute Gasteiger partial charge is 0.462 e. The van der Waals surface area contributed by atoms with Crippen LogP contribution in [0.1, 0.15) is 369 Å². The molecule has 2 unspecified atom stereocenters. The third kappa shape index (κ3) is 68.1. The monoisotopic (exact) mass is 1380 g/mol. The first-order valence-electron chi connectivity index (χ1n) is 38.5. The largest absolute Gasteiger partial charge is 0.472 e. The van der Waals surface area contributed by atoms with E-state index in [0.29, 0.717) is 25.7 Å². The highest BCUT2D eigenvalue weighted by atomic mass is 31.2. The summed E-state index contributed by atoms with van der Waals surface area (Å²) in [7, 11) is -9.91. The third-order valence-corrected chi connectivity index (χ3v) is 18.8. The zero-order valence-corrected chi connectivity index (χ0v) is 62.4. The van der Waals surface area contributed by atoms with Gasteiger partial charge in [-0.2, -0.15) is 0 Å². The fourth-order valence-corrected chi connectivity index (χ4v) is 12.6. The fourth-order valence-electron chi connectivity index (χ4n) is 11.0. The Bertz CT molecular complexity index is 1900. The summed E-state index contributed by atoms with van der Waals surface area (Å²) in [6.45, 7) is 7.21. The maximum atomic E-state index is 13.1. The maximum Gasteiger partial charge on any atom is 0.472 e. The van der Waals surface area contributed by atoms with E-state index in [1.807, 2.05) is 0 Å². The second kappa shape index (κ2) is 67.7. The summed E-state index contributed by atoms with van der Waals surface area (Å²) in [6.07, 6.45) is 59.2. The molecular formula is C75H142O17P2. The first-order chi connectivity index (χ1) is 45.5. The molecular weight excluding hydrogens is 1230 g/mol. The molecule has 0 fully saturated rings. The van der Waals surface area contributed by atoms with Crippen LogP contribution >= 0.6 is 15.6 Å².